The Hall–Kier alpha value is -2.77. The van der Waals surface area contributed by atoms with Gasteiger partial charge in [0.15, 0.2) is 0 Å². The van der Waals surface area contributed by atoms with Crippen LogP contribution >= 0.6 is 0 Å². The third-order valence-electron chi connectivity index (χ3n) is 3.35. The first kappa shape index (κ1) is 17.6. The number of carbonyl (C=O) groups is 3. The molecule has 0 aromatic heterocycles. The molecule has 1 aliphatic rings. The molecule has 8 nitrogen and oxygen atoms in total. The molecule has 0 saturated carbocycles. The zero-order valence-corrected chi connectivity index (χ0v) is 13.9. The number of amides is 3. The van der Waals surface area contributed by atoms with Gasteiger partial charge in [0.05, 0.1) is 31.0 Å². The van der Waals surface area contributed by atoms with Crippen molar-refractivity contribution in [2.45, 2.75) is 20.0 Å². The van der Waals surface area contributed by atoms with Gasteiger partial charge in [-0.15, -0.1) is 0 Å². The molecule has 0 radical (unpaired) electrons. The molecule has 1 fully saturated rings. The van der Waals surface area contributed by atoms with E-state index in [1.165, 1.54) is 7.11 Å². The average molecular weight is 335 g/mol. The Morgan fingerprint density at radius 3 is 2.71 bits per heavy atom. The molecule has 8 heteroatoms. The van der Waals surface area contributed by atoms with E-state index in [1.54, 1.807) is 18.2 Å². The van der Waals surface area contributed by atoms with Crippen molar-refractivity contribution in [2.75, 3.05) is 32.1 Å². The maximum atomic E-state index is 12.1. The fourth-order valence-corrected chi connectivity index (χ4v) is 2.25. The van der Waals surface area contributed by atoms with Crippen LogP contribution in [0.15, 0.2) is 18.2 Å². The van der Waals surface area contributed by atoms with E-state index in [4.69, 9.17) is 9.47 Å². The summed E-state index contributed by atoms with van der Waals surface area (Å²) in [6.45, 7) is 4.45. The number of hydrogen-bond donors (Lipinski definition) is 2. The highest BCUT2D eigenvalue weighted by molar-refractivity contribution is 5.98. The Kier molecular flexibility index (Phi) is 5.62. The van der Waals surface area contributed by atoms with E-state index in [2.05, 4.69) is 10.6 Å². The lowest BCUT2D eigenvalue weighted by Gasteiger charge is -2.18. The van der Waals surface area contributed by atoms with Crippen LogP contribution in [0.1, 0.15) is 24.2 Å². The molecular formula is C16H21N3O5. The first-order chi connectivity index (χ1) is 11.4. The van der Waals surface area contributed by atoms with E-state index in [1.807, 2.05) is 13.8 Å². The van der Waals surface area contributed by atoms with Crippen molar-refractivity contribution in [3.63, 3.8) is 0 Å². The fourth-order valence-electron chi connectivity index (χ4n) is 2.25. The van der Waals surface area contributed by atoms with Gasteiger partial charge in [-0.1, -0.05) is 0 Å². The monoisotopic (exact) mass is 335 g/mol. The molecule has 1 aromatic carbocycles. The third kappa shape index (κ3) is 4.15. The summed E-state index contributed by atoms with van der Waals surface area (Å²) in [5.74, 6) is -0.334. The van der Waals surface area contributed by atoms with Crippen LogP contribution in [-0.4, -0.2) is 55.7 Å². The quantitative estimate of drug-likeness (QED) is 0.759. The van der Waals surface area contributed by atoms with Gasteiger partial charge in [0.25, 0.3) is 0 Å². The van der Waals surface area contributed by atoms with Crippen molar-refractivity contribution in [3.05, 3.63) is 23.8 Å². The molecule has 2 N–H and O–H groups in total. The second-order valence-electron chi connectivity index (χ2n) is 5.50. The summed E-state index contributed by atoms with van der Waals surface area (Å²) in [5, 5.41) is 5.50. The van der Waals surface area contributed by atoms with Crippen molar-refractivity contribution < 1.29 is 23.9 Å². The molecule has 0 spiro atoms. The van der Waals surface area contributed by atoms with Crippen molar-refractivity contribution in [1.29, 1.82) is 0 Å². The minimum Gasteiger partial charge on any atom is -0.489 e. The predicted molar refractivity (Wildman–Crippen MR) is 87.1 cm³/mol. The number of hydrogen-bond acceptors (Lipinski definition) is 6. The lowest BCUT2D eigenvalue weighted by Crippen LogP contribution is -2.38. The highest BCUT2D eigenvalue weighted by Gasteiger charge is 2.26. The van der Waals surface area contributed by atoms with Gasteiger partial charge in [0, 0.05) is 13.1 Å². The molecular weight excluding hydrogens is 314 g/mol. The molecule has 0 unspecified atom stereocenters. The summed E-state index contributed by atoms with van der Waals surface area (Å²) in [4.78, 5) is 36.4. The zero-order valence-electron chi connectivity index (χ0n) is 13.9. The van der Waals surface area contributed by atoms with E-state index < -0.39 is 12.0 Å². The SMILES string of the molecule is COC(=O)c1ccc(OC(C)C)c(NCC(=O)N2CCNC2=O)c1. The second-order valence-corrected chi connectivity index (χ2v) is 5.50. The molecule has 1 heterocycles. The van der Waals surface area contributed by atoms with Gasteiger partial charge in [-0.05, 0) is 32.0 Å². The summed E-state index contributed by atoms with van der Waals surface area (Å²) < 4.78 is 10.4. The van der Waals surface area contributed by atoms with Crippen LogP contribution in [0.2, 0.25) is 0 Å². The molecule has 130 valence electrons. The number of imide groups is 1. The predicted octanol–water partition coefficient (Wildman–Crippen LogP) is 1.22. The number of esters is 1. The van der Waals surface area contributed by atoms with Crippen molar-refractivity contribution in [2.24, 2.45) is 0 Å². The van der Waals surface area contributed by atoms with Crippen LogP contribution in [0.4, 0.5) is 10.5 Å². The summed E-state index contributed by atoms with van der Waals surface area (Å²) in [5.41, 5.74) is 0.821. The maximum Gasteiger partial charge on any atom is 0.337 e. The van der Waals surface area contributed by atoms with E-state index >= 15 is 0 Å². The number of methoxy groups -OCH3 is 1. The molecule has 2 rings (SSSR count). The molecule has 3 amide bonds. The molecule has 0 bridgehead atoms. The summed E-state index contributed by atoms with van der Waals surface area (Å²) >= 11 is 0. The topological polar surface area (TPSA) is 97.0 Å². The van der Waals surface area contributed by atoms with Crippen molar-refractivity contribution >= 4 is 23.6 Å². The van der Waals surface area contributed by atoms with E-state index in [0.717, 1.165) is 4.90 Å². The Morgan fingerprint density at radius 2 is 2.12 bits per heavy atom. The van der Waals surface area contributed by atoms with Crippen LogP contribution in [0.5, 0.6) is 5.75 Å². The zero-order chi connectivity index (χ0) is 17.7. The molecule has 0 atom stereocenters. The number of ether oxygens (including phenoxy) is 2. The van der Waals surface area contributed by atoms with E-state index in [-0.39, 0.29) is 18.6 Å². The number of anilines is 1. The van der Waals surface area contributed by atoms with Gasteiger partial charge in [-0.2, -0.15) is 0 Å². The summed E-state index contributed by atoms with van der Waals surface area (Å²) in [6, 6.07) is 4.39. The van der Waals surface area contributed by atoms with E-state index in [0.29, 0.717) is 30.1 Å². The lowest BCUT2D eigenvalue weighted by atomic mass is 10.2. The van der Waals surface area contributed by atoms with Crippen LogP contribution in [-0.2, 0) is 9.53 Å². The van der Waals surface area contributed by atoms with Crippen molar-refractivity contribution in [3.8, 4) is 5.75 Å². The van der Waals surface area contributed by atoms with Crippen LogP contribution in [0.3, 0.4) is 0 Å². The van der Waals surface area contributed by atoms with Gasteiger partial charge >= 0.3 is 12.0 Å². The van der Waals surface area contributed by atoms with Gasteiger partial charge in [0.2, 0.25) is 5.91 Å². The minimum absolute atomic E-state index is 0.0745. The Bertz CT molecular complexity index is 645. The molecule has 24 heavy (non-hydrogen) atoms. The first-order valence-corrected chi connectivity index (χ1v) is 7.63. The summed E-state index contributed by atoms with van der Waals surface area (Å²) in [6.07, 6.45) is -0.0745. The number of nitrogens with one attached hydrogen (secondary N) is 2. The largest absolute Gasteiger partial charge is 0.489 e. The lowest BCUT2D eigenvalue weighted by molar-refractivity contribution is -0.125. The van der Waals surface area contributed by atoms with Gasteiger partial charge in [-0.3, -0.25) is 9.69 Å². The third-order valence-corrected chi connectivity index (χ3v) is 3.35. The minimum atomic E-state index is -0.487. The number of carbonyl (C=O) groups excluding carboxylic acids is 3. The molecule has 1 aromatic rings. The number of benzene rings is 1. The Labute approximate surface area is 140 Å². The number of nitrogens with zero attached hydrogens (tertiary/aromatic N) is 1. The second kappa shape index (κ2) is 7.67. The van der Waals surface area contributed by atoms with Gasteiger partial charge < -0.3 is 20.1 Å². The molecule has 0 aliphatic carbocycles. The molecule has 1 aliphatic heterocycles. The number of rotatable bonds is 6. The van der Waals surface area contributed by atoms with E-state index in [9.17, 15) is 14.4 Å². The highest BCUT2D eigenvalue weighted by Crippen LogP contribution is 2.27. The maximum absolute atomic E-state index is 12.1. The highest BCUT2D eigenvalue weighted by atomic mass is 16.5. The fraction of sp³-hybridized carbons (Fsp3) is 0.438. The normalized spacial score (nSPS) is 13.7. The summed E-state index contributed by atoms with van der Waals surface area (Å²) in [7, 11) is 1.30. The van der Waals surface area contributed by atoms with Gasteiger partial charge in [0.1, 0.15) is 5.75 Å². The van der Waals surface area contributed by atoms with Gasteiger partial charge in [-0.25, -0.2) is 9.59 Å². The average Bonchev–Trinajstić information content (AvgIpc) is 2.98. The Morgan fingerprint density at radius 1 is 1.38 bits per heavy atom. The van der Waals surface area contributed by atoms with Crippen molar-refractivity contribution in [1.82, 2.24) is 10.2 Å². The number of urea groups is 1. The standard InChI is InChI=1S/C16H21N3O5/c1-10(2)24-13-5-4-11(15(21)23-3)8-12(13)18-9-14(20)19-7-6-17-16(19)22/h4-5,8,10,18H,6-7,9H2,1-3H3,(H,17,22). The first-order valence-electron chi connectivity index (χ1n) is 7.63. The van der Waals surface area contributed by atoms with Crippen LogP contribution in [0.25, 0.3) is 0 Å². The Balaban J connectivity index is 2.14. The smallest absolute Gasteiger partial charge is 0.337 e. The van der Waals surface area contributed by atoms with Crippen LogP contribution < -0.4 is 15.4 Å². The van der Waals surface area contributed by atoms with Crippen LogP contribution in [0, 0.1) is 0 Å². The molecule has 1 saturated heterocycles.